The summed E-state index contributed by atoms with van der Waals surface area (Å²) in [4.78, 5) is 2.31. The average molecular weight is 384 g/mol. The van der Waals surface area contributed by atoms with Crippen LogP contribution in [0.2, 0.25) is 0 Å². The molecule has 1 aliphatic heterocycles. The Morgan fingerprint density at radius 3 is 2.72 bits per heavy atom. The predicted molar refractivity (Wildman–Crippen MR) is 95.8 cm³/mol. The largest absolute Gasteiger partial charge is 0.379 e. The van der Waals surface area contributed by atoms with Crippen LogP contribution in [0.5, 0.6) is 0 Å². The number of ether oxygens (including phenoxy) is 1. The van der Waals surface area contributed by atoms with Crippen molar-refractivity contribution in [1.82, 2.24) is 9.62 Å². The number of halogens is 1. The van der Waals surface area contributed by atoms with Gasteiger partial charge in [-0.1, -0.05) is 0 Å². The third-order valence-electron chi connectivity index (χ3n) is 4.32. The van der Waals surface area contributed by atoms with Gasteiger partial charge in [-0.15, -0.1) is 0 Å². The summed E-state index contributed by atoms with van der Waals surface area (Å²) in [5, 5.41) is 4.02. The first-order valence-corrected chi connectivity index (χ1v) is 10.5. The Morgan fingerprint density at radius 2 is 2.08 bits per heavy atom. The van der Waals surface area contributed by atoms with E-state index in [4.69, 9.17) is 4.74 Å². The average Bonchev–Trinajstić information content (AvgIpc) is 3.12. The first kappa shape index (κ1) is 18.5. The number of nitrogens with zero attached hydrogens (tertiary/aromatic N) is 1. The van der Waals surface area contributed by atoms with Crippen molar-refractivity contribution in [2.45, 2.75) is 17.9 Å². The zero-order valence-electron chi connectivity index (χ0n) is 13.9. The van der Waals surface area contributed by atoms with Gasteiger partial charge in [-0.25, -0.2) is 17.5 Å². The summed E-state index contributed by atoms with van der Waals surface area (Å²) in [6.45, 7) is 4.62. The highest BCUT2D eigenvalue weighted by Crippen LogP contribution is 2.24. The Bertz CT molecular complexity index is 803. The number of hydrogen-bond acceptors (Lipinski definition) is 5. The number of sulfonamides is 1. The van der Waals surface area contributed by atoms with Crippen molar-refractivity contribution in [2.75, 3.05) is 32.8 Å². The molecule has 1 aliphatic rings. The molecule has 2 heterocycles. The lowest BCUT2D eigenvalue weighted by Crippen LogP contribution is -2.43. The Balaban J connectivity index is 1.76. The van der Waals surface area contributed by atoms with Gasteiger partial charge in [0.25, 0.3) is 0 Å². The summed E-state index contributed by atoms with van der Waals surface area (Å²) >= 11 is 1.59. The van der Waals surface area contributed by atoms with Gasteiger partial charge >= 0.3 is 0 Å². The number of nitrogens with one attached hydrogen (secondary N) is 1. The van der Waals surface area contributed by atoms with Gasteiger partial charge in [0.15, 0.2) is 0 Å². The van der Waals surface area contributed by atoms with Crippen molar-refractivity contribution in [3.63, 3.8) is 0 Å². The van der Waals surface area contributed by atoms with Crippen molar-refractivity contribution < 1.29 is 17.5 Å². The minimum absolute atomic E-state index is 0.0496. The van der Waals surface area contributed by atoms with Crippen LogP contribution in [0, 0.1) is 12.7 Å². The number of aryl methyl sites for hydroxylation is 1. The standard InChI is InChI=1S/C17H21FN2O3S2/c1-13-10-15(2-3-16(13)18)25(21,22)19-11-17(14-4-9-24-12-14)20-5-7-23-8-6-20/h2-4,9-10,12,17,19H,5-8,11H2,1H3. The molecule has 0 amide bonds. The first-order valence-electron chi connectivity index (χ1n) is 8.07. The van der Waals surface area contributed by atoms with Crippen LogP contribution >= 0.6 is 11.3 Å². The van der Waals surface area contributed by atoms with Crippen LogP contribution in [-0.4, -0.2) is 46.2 Å². The maximum atomic E-state index is 13.4. The molecular weight excluding hydrogens is 363 g/mol. The number of thiophene rings is 1. The monoisotopic (exact) mass is 384 g/mol. The molecule has 1 unspecified atom stereocenters. The highest BCUT2D eigenvalue weighted by molar-refractivity contribution is 7.89. The number of benzene rings is 1. The van der Waals surface area contributed by atoms with Crippen LogP contribution in [0.25, 0.3) is 0 Å². The quantitative estimate of drug-likeness (QED) is 0.832. The Labute approximate surface area is 151 Å². The van der Waals surface area contributed by atoms with E-state index in [1.165, 1.54) is 18.2 Å². The topological polar surface area (TPSA) is 58.6 Å². The van der Waals surface area contributed by atoms with E-state index in [-0.39, 0.29) is 17.5 Å². The zero-order chi connectivity index (χ0) is 17.9. The smallest absolute Gasteiger partial charge is 0.240 e. The lowest BCUT2D eigenvalue weighted by molar-refractivity contribution is 0.0173. The molecule has 5 nitrogen and oxygen atoms in total. The molecule has 1 atom stereocenters. The molecule has 1 N–H and O–H groups in total. The van der Waals surface area contributed by atoms with Crippen LogP contribution < -0.4 is 4.72 Å². The molecule has 3 rings (SSSR count). The van der Waals surface area contributed by atoms with E-state index in [2.05, 4.69) is 9.62 Å². The SMILES string of the molecule is Cc1cc(S(=O)(=O)NCC(c2ccsc2)N2CCOCC2)ccc1F. The summed E-state index contributed by atoms with van der Waals surface area (Å²) in [6, 6.07) is 5.79. The molecule has 136 valence electrons. The van der Waals surface area contributed by atoms with E-state index in [1.54, 1.807) is 18.3 Å². The predicted octanol–water partition coefficient (Wildman–Crippen LogP) is 2.55. The van der Waals surface area contributed by atoms with Crippen LogP contribution in [0.15, 0.2) is 39.9 Å². The Kier molecular flexibility index (Phi) is 5.85. The molecule has 1 aromatic heterocycles. The second kappa shape index (κ2) is 7.92. The molecule has 8 heteroatoms. The fourth-order valence-electron chi connectivity index (χ4n) is 2.87. The lowest BCUT2D eigenvalue weighted by atomic mass is 10.1. The maximum absolute atomic E-state index is 13.4. The Morgan fingerprint density at radius 1 is 1.32 bits per heavy atom. The summed E-state index contributed by atoms with van der Waals surface area (Å²) in [7, 11) is -3.70. The molecule has 25 heavy (non-hydrogen) atoms. The Hall–Kier alpha value is -1.32. The summed E-state index contributed by atoms with van der Waals surface area (Å²) in [6.07, 6.45) is 0. The molecule has 0 saturated carbocycles. The lowest BCUT2D eigenvalue weighted by Gasteiger charge is -2.34. The molecule has 1 saturated heterocycles. The summed E-state index contributed by atoms with van der Waals surface area (Å²) in [5.41, 5.74) is 1.40. The van der Waals surface area contributed by atoms with Gasteiger partial charge in [0.1, 0.15) is 5.82 Å². The highest BCUT2D eigenvalue weighted by Gasteiger charge is 2.25. The van der Waals surface area contributed by atoms with Gasteiger partial charge in [0.2, 0.25) is 10.0 Å². The number of rotatable bonds is 6. The van der Waals surface area contributed by atoms with Gasteiger partial charge in [-0.3, -0.25) is 4.90 Å². The molecule has 0 spiro atoms. The third-order valence-corrected chi connectivity index (χ3v) is 6.44. The molecule has 2 aromatic rings. The van der Waals surface area contributed by atoms with E-state index in [0.29, 0.717) is 18.8 Å². The molecule has 0 radical (unpaired) electrons. The first-order chi connectivity index (χ1) is 12.0. The van der Waals surface area contributed by atoms with Crippen LogP contribution in [0.4, 0.5) is 4.39 Å². The van der Waals surface area contributed by atoms with E-state index >= 15 is 0 Å². The zero-order valence-corrected chi connectivity index (χ0v) is 15.6. The van der Waals surface area contributed by atoms with E-state index in [1.807, 2.05) is 16.8 Å². The highest BCUT2D eigenvalue weighted by atomic mass is 32.2. The van der Waals surface area contributed by atoms with Crippen LogP contribution in [-0.2, 0) is 14.8 Å². The number of hydrogen-bond donors (Lipinski definition) is 1. The van der Waals surface area contributed by atoms with Crippen LogP contribution in [0.1, 0.15) is 17.2 Å². The summed E-state index contributed by atoms with van der Waals surface area (Å²) < 4.78 is 46.6. The minimum atomic E-state index is -3.70. The fraction of sp³-hybridized carbons (Fsp3) is 0.412. The van der Waals surface area contributed by atoms with Crippen molar-refractivity contribution in [2.24, 2.45) is 0 Å². The maximum Gasteiger partial charge on any atom is 0.240 e. The van der Waals surface area contributed by atoms with Crippen molar-refractivity contribution in [1.29, 1.82) is 0 Å². The minimum Gasteiger partial charge on any atom is -0.379 e. The number of morpholine rings is 1. The van der Waals surface area contributed by atoms with Gasteiger partial charge in [0, 0.05) is 25.7 Å². The van der Waals surface area contributed by atoms with Crippen molar-refractivity contribution in [3.05, 3.63) is 52.0 Å². The van der Waals surface area contributed by atoms with E-state index < -0.39 is 15.8 Å². The van der Waals surface area contributed by atoms with Gasteiger partial charge in [-0.2, -0.15) is 11.3 Å². The molecule has 1 fully saturated rings. The molecular formula is C17H21FN2O3S2. The van der Waals surface area contributed by atoms with Crippen molar-refractivity contribution >= 4 is 21.4 Å². The van der Waals surface area contributed by atoms with Gasteiger partial charge < -0.3 is 4.74 Å². The molecule has 0 bridgehead atoms. The normalized spacial score (nSPS) is 17.5. The van der Waals surface area contributed by atoms with Gasteiger partial charge in [0.05, 0.1) is 18.1 Å². The fourth-order valence-corrected chi connectivity index (χ4v) is 4.70. The summed E-state index contributed by atoms with van der Waals surface area (Å²) in [5.74, 6) is -0.414. The second-order valence-electron chi connectivity index (χ2n) is 5.98. The van der Waals surface area contributed by atoms with Crippen molar-refractivity contribution in [3.8, 4) is 0 Å². The second-order valence-corrected chi connectivity index (χ2v) is 8.53. The molecule has 1 aromatic carbocycles. The van der Waals surface area contributed by atoms with E-state index in [0.717, 1.165) is 18.7 Å². The third kappa shape index (κ3) is 4.45. The molecule has 0 aliphatic carbocycles. The van der Waals surface area contributed by atoms with Crippen LogP contribution in [0.3, 0.4) is 0 Å². The van der Waals surface area contributed by atoms with E-state index in [9.17, 15) is 12.8 Å². The van der Waals surface area contributed by atoms with Gasteiger partial charge in [-0.05, 0) is 53.1 Å².